The smallest absolute Gasteiger partial charge is 0.215 e. The second-order valence-electron chi connectivity index (χ2n) is 6.54. The maximum Gasteiger partial charge on any atom is 0.215 e. The van der Waals surface area contributed by atoms with E-state index in [4.69, 9.17) is 0 Å². The average molecular weight is 402 g/mol. The van der Waals surface area contributed by atoms with Gasteiger partial charge in [0.25, 0.3) is 0 Å². The minimum absolute atomic E-state index is 0.232. The van der Waals surface area contributed by atoms with Crippen molar-refractivity contribution in [1.82, 2.24) is 0 Å². The first-order valence-corrected chi connectivity index (χ1v) is 10.5. The number of aromatic hydroxyl groups is 2. The molecule has 0 aromatic heterocycles. The first-order chi connectivity index (χ1) is 14.0. The van der Waals surface area contributed by atoms with E-state index in [1.165, 1.54) is 12.1 Å². The van der Waals surface area contributed by atoms with Gasteiger partial charge >= 0.3 is 0 Å². The van der Waals surface area contributed by atoms with E-state index in [0.29, 0.717) is 22.3 Å². The first-order valence-electron chi connectivity index (χ1n) is 9.00. The van der Waals surface area contributed by atoms with Gasteiger partial charge in [0, 0.05) is 11.1 Å². The van der Waals surface area contributed by atoms with Crippen molar-refractivity contribution in [1.29, 1.82) is 0 Å². The molecule has 5 heteroatoms. The highest BCUT2D eigenvalue weighted by atomic mass is 32.2. The Bertz CT molecular complexity index is 1170. The summed E-state index contributed by atoms with van der Waals surface area (Å²) in [6, 6.07) is 27.1. The van der Waals surface area contributed by atoms with Crippen LogP contribution in [0.3, 0.4) is 0 Å². The summed E-state index contributed by atoms with van der Waals surface area (Å²) in [5.41, 5.74) is 2.04. The Morgan fingerprint density at radius 1 is 0.483 bits per heavy atom. The van der Waals surface area contributed by atoms with Crippen LogP contribution >= 0.6 is 0 Å². The molecule has 0 atom stereocenters. The highest BCUT2D eigenvalue weighted by molar-refractivity contribution is 7.92. The van der Waals surface area contributed by atoms with Crippen molar-refractivity contribution < 1.29 is 18.6 Å². The fourth-order valence-electron chi connectivity index (χ4n) is 3.41. The molecule has 0 aliphatic rings. The Hall–Kier alpha value is -3.57. The maximum atomic E-state index is 13.7. The third-order valence-corrected chi connectivity index (χ3v) is 6.63. The molecule has 144 valence electrons. The van der Waals surface area contributed by atoms with Crippen LogP contribution in [0.1, 0.15) is 0 Å². The number of phenolic OH excluding ortho intramolecular Hbond substituents is 2. The fraction of sp³-hybridized carbons (Fsp3) is 0. The molecule has 4 nitrogen and oxygen atoms in total. The zero-order chi connectivity index (χ0) is 20.4. The molecule has 2 N–H and O–H groups in total. The highest BCUT2D eigenvalue weighted by Gasteiger charge is 2.31. The van der Waals surface area contributed by atoms with Crippen molar-refractivity contribution in [2.24, 2.45) is 0 Å². The SMILES string of the molecule is O=S(=O)(c1c(O)cccc1-c1ccccc1)c1c(O)cccc1-c1ccccc1. The van der Waals surface area contributed by atoms with Crippen LogP contribution in [-0.2, 0) is 9.84 Å². The molecule has 4 aromatic carbocycles. The van der Waals surface area contributed by atoms with Crippen molar-refractivity contribution >= 4 is 9.84 Å². The molecule has 0 heterocycles. The zero-order valence-corrected chi connectivity index (χ0v) is 16.2. The Kier molecular flexibility index (Phi) is 4.82. The summed E-state index contributed by atoms with van der Waals surface area (Å²) in [5.74, 6) is -0.734. The van der Waals surface area contributed by atoms with Gasteiger partial charge in [-0.25, -0.2) is 8.42 Å². The monoisotopic (exact) mass is 402 g/mol. The number of sulfone groups is 1. The summed E-state index contributed by atoms with van der Waals surface area (Å²) >= 11 is 0. The quantitative estimate of drug-likeness (QED) is 0.488. The number of hydrogen-bond acceptors (Lipinski definition) is 4. The van der Waals surface area contributed by atoms with E-state index in [-0.39, 0.29) is 21.3 Å². The van der Waals surface area contributed by atoms with Crippen molar-refractivity contribution in [3.05, 3.63) is 97.1 Å². The van der Waals surface area contributed by atoms with Gasteiger partial charge < -0.3 is 10.2 Å². The van der Waals surface area contributed by atoms with Crippen LogP contribution in [0, 0.1) is 0 Å². The molecule has 0 unspecified atom stereocenters. The minimum atomic E-state index is -4.26. The number of phenols is 2. The Morgan fingerprint density at radius 2 is 0.862 bits per heavy atom. The van der Waals surface area contributed by atoms with E-state index in [1.807, 2.05) is 12.1 Å². The van der Waals surface area contributed by atoms with Gasteiger partial charge in [-0.1, -0.05) is 84.9 Å². The lowest BCUT2D eigenvalue weighted by molar-refractivity contribution is 0.453. The normalized spacial score (nSPS) is 11.3. The second kappa shape index (κ2) is 7.45. The summed E-state index contributed by atoms with van der Waals surface area (Å²) in [5, 5.41) is 21.1. The Labute approximate surface area is 169 Å². The summed E-state index contributed by atoms with van der Waals surface area (Å²) in [7, 11) is -4.26. The molecule has 0 saturated heterocycles. The van der Waals surface area contributed by atoms with E-state index in [1.54, 1.807) is 72.8 Å². The maximum absolute atomic E-state index is 13.7. The molecular formula is C24H18O4S. The van der Waals surface area contributed by atoms with E-state index in [0.717, 1.165) is 0 Å². The van der Waals surface area contributed by atoms with Crippen LogP contribution in [0.2, 0.25) is 0 Å². The Morgan fingerprint density at radius 3 is 1.24 bits per heavy atom. The third kappa shape index (κ3) is 3.37. The molecule has 0 bridgehead atoms. The predicted molar refractivity (Wildman–Crippen MR) is 113 cm³/mol. The van der Waals surface area contributed by atoms with Gasteiger partial charge in [-0.15, -0.1) is 0 Å². The van der Waals surface area contributed by atoms with Crippen molar-refractivity contribution in [2.45, 2.75) is 9.79 Å². The van der Waals surface area contributed by atoms with Gasteiger partial charge in [0.05, 0.1) is 0 Å². The van der Waals surface area contributed by atoms with Crippen LogP contribution in [-0.4, -0.2) is 18.6 Å². The molecular weight excluding hydrogens is 384 g/mol. The zero-order valence-electron chi connectivity index (χ0n) is 15.4. The predicted octanol–water partition coefficient (Wildman–Crippen LogP) is 5.26. The van der Waals surface area contributed by atoms with Crippen LogP contribution in [0.5, 0.6) is 11.5 Å². The van der Waals surface area contributed by atoms with Crippen molar-refractivity contribution in [3.8, 4) is 33.8 Å². The van der Waals surface area contributed by atoms with E-state index < -0.39 is 9.84 Å². The topological polar surface area (TPSA) is 74.6 Å². The number of rotatable bonds is 4. The van der Waals surface area contributed by atoms with Crippen LogP contribution in [0.4, 0.5) is 0 Å². The van der Waals surface area contributed by atoms with Gasteiger partial charge in [0.15, 0.2) is 0 Å². The lowest BCUT2D eigenvalue weighted by Gasteiger charge is -2.16. The summed E-state index contributed by atoms with van der Waals surface area (Å²) in [6.45, 7) is 0. The molecule has 4 rings (SSSR count). The molecule has 4 aromatic rings. The van der Waals surface area contributed by atoms with Gasteiger partial charge in [0.2, 0.25) is 9.84 Å². The summed E-state index contributed by atoms with van der Waals surface area (Å²) in [6.07, 6.45) is 0. The lowest BCUT2D eigenvalue weighted by atomic mass is 10.1. The molecule has 0 aliphatic heterocycles. The van der Waals surface area contributed by atoms with E-state index >= 15 is 0 Å². The second-order valence-corrected chi connectivity index (χ2v) is 8.37. The first kappa shape index (κ1) is 18.8. The van der Waals surface area contributed by atoms with Gasteiger partial charge in [-0.2, -0.15) is 0 Å². The average Bonchev–Trinajstić information content (AvgIpc) is 2.74. The lowest BCUT2D eigenvalue weighted by Crippen LogP contribution is -2.07. The molecule has 0 radical (unpaired) electrons. The molecule has 0 amide bonds. The molecule has 0 spiro atoms. The van der Waals surface area contributed by atoms with Crippen molar-refractivity contribution in [3.63, 3.8) is 0 Å². The van der Waals surface area contributed by atoms with Crippen molar-refractivity contribution in [2.75, 3.05) is 0 Å². The molecule has 0 aliphatic carbocycles. The molecule has 0 saturated carbocycles. The minimum Gasteiger partial charge on any atom is -0.507 e. The van der Waals surface area contributed by atoms with Crippen LogP contribution < -0.4 is 0 Å². The van der Waals surface area contributed by atoms with Gasteiger partial charge in [-0.05, 0) is 23.3 Å². The van der Waals surface area contributed by atoms with E-state index in [2.05, 4.69) is 0 Å². The van der Waals surface area contributed by atoms with Gasteiger partial charge in [0.1, 0.15) is 21.3 Å². The van der Waals surface area contributed by atoms with Crippen LogP contribution in [0.15, 0.2) is 107 Å². The standard InChI is InChI=1S/C24H18O4S/c25-21-15-7-13-19(17-9-3-1-4-10-17)23(21)29(27,28)24-20(14-8-16-22(24)26)18-11-5-2-6-12-18/h1-16,25-26H. The molecule has 29 heavy (non-hydrogen) atoms. The number of hydrogen-bond donors (Lipinski definition) is 2. The largest absolute Gasteiger partial charge is 0.507 e. The number of benzene rings is 4. The fourth-order valence-corrected chi connectivity index (χ4v) is 5.25. The third-order valence-electron chi connectivity index (χ3n) is 4.70. The summed E-state index contributed by atoms with van der Waals surface area (Å²) < 4.78 is 27.5. The van der Waals surface area contributed by atoms with E-state index in [9.17, 15) is 18.6 Å². The highest BCUT2D eigenvalue weighted by Crippen LogP contribution is 2.43. The molecule has 0 fully saturated rings. The van der Waals surface area contributed by atoms with Gasteiger partial charge in [-0.3, -0.25) is 0 Å². The summed E-state index contributed by atoms with van der Waals surface area (Å²) in [4.78, 5) is -0.463. The Balaban J connectivity index is 2.03. The van der Waals surface area contributed by atoms with Crippen LogP contribution in [0.25, 0.3) is 22.3 Å².